The summed E-state index contributed by atoms with van der Waals surface area (Å²) in [5, 5.41) is 3.63. The maximum atomic E-state index is 12.6. The van der Waals surface area contributed by atoms with Crippen molar-refractivity contribution in [2.24, 2.45) is 0 Å². The third-order valence-electron chi connectivity index (χ3n) is 5.18. The highest BCUT2D eigenvalue weighted by molar-refractivity contribution is 5.81. The molecule has 3 fully saturated rings. The highest BCUT2D eigenvalue weighted by Crippen LogP contribution is 2.27. The largest absolute Gasteiger partial charge is 0.341 e. The number of nitrogens with one attached hydrogen (secondary N) is 1. The average Bonchev–Trinajstić information content (AvgIpc) is 3.15. The van der Waals surface area contributed by atoms with Crippen molar-refractivity contribution >= 4 is 5.91 Å². The summed E-state index contributed by atoms with van der Waals surface area (Å²) in [5.41, 5.74) is 0. The van der Waals surface area contributed by atoms with Gasteiger partial charge in [-0.3, -0.25) is 9.69 Å². The quantitative estimate of drug-likeness (QED) is 0.833. The van der Waals surface area contributed by atoms with E-state index in [-0.39, 0.29) is 6.04 Å². The molecular formula is C15H27N3O. The molecule has 0 aromatic rings. The Morgan fingerprint density at radius 1 is 1.11 bits per heavy atom. The smallest absolute Gasteiger partial charge is 0.239 e. The molecule has 3 aliphatic rings. The van der Waals surface area contributed by atoms with Gasteiger partial charge in [-0.1, -0.05) is 0 Å². The number of amides is 1. The molecule has 0 radical (unpaired) electrons. The van der Waals surface area contributed by atoms with E-state index < -0.39 is 0 Å². The van der Waals surface area contributed by atoms with Crippen LogP contribution in [0.1, 0.15) is 45.4 Å². The Balaban J connectivity index is 1.63. The van der Waals surface area contributed by atoms with Gasteiger partial charge in [-0.2, -0.15) is 0 Å². The van der Waals surface area contributed by atoms with Gasteiger partial charge in [-0.05, 0) is 58.5 Å². The van der Waals surface area contributed by atoms with Crippen LogP contribution < -0.4 is 5.32 Å². The molecule has 19 heavy (non-hydrogen) atoms. The van der Waals surface area contributed by atoms with E-state index >= 15 is 0 Å². The molecule has 0 aromatic carbocycles. The molecule has 3 heterocycles. The highest BCUT2D eigenvalue weighted by atomic mass is 16.2. The summed E-state index contributed by atoms with van der Waals surface area (Å²) in [7, 11) is 0. The molecule has 0 saturated carbocycles. The van der Waals surface area contributed by atoms with Gasteiger partial charge in [0.05, 0.1) is 6.04 Å². The van der Waals surface area contributed by atoms with Crippen LogP contribution in [0.5, 0.6) is 0 Å². The fourth-order valence-corrected chi connectivity index (χ4v) is 4.11. The second kappa shape index (κ2) is 5.80. The minimum absolute atomic E-state index is 0.0769. The van der Waals surface area contributed by atoms with Gasteiger partial charge in [0, 0.05) is 25.2 Å². The number of hydrogen-bond donors (Lipinski definition) is 1. The fourth-order valence-electron chi connectivity index (χ4n) is 4.11. The van der Waals surface area contributed by atoms with E-state index in [9.17, 15) is 4.79 Å². The van der Waals surface area contributed by atoms with E-state index in [0.29, 0.717) is 18.0 Å². The third kappa shape index (κ3) is 2.65. The Hall–Kier alpha value is -0.610. The van der Waals surface area contributed by atoms with E-state index in [1.54, 1.807) is 0 Å². The second-order valence-electron chi connectivity index (χ2n) is 6.36. The molecule has 4 heteroatoms. The summed E-state index contributed by atoms with van der Waals surface area (Å²) >= 11 is 0. The molecule has 108 valence electrons. The van der Waals surface area contributed by atoms with Gasteiger partial charge in [-0.15, -0.1) is 0 Å². The van der Waals surface area contributed by atoms with Crippen LogP contribution in [-0.4, -0.2) is 60.0 Å². The van der Waals surface area contributed by atoms with Gasteiger partial charge in [0.1, 0.15) is 0 Å². The number of nitrogens with zero attached hydrogens (tertiary/aromatic N) is 2. The van der Waals surface area contributed by atoms with Crippen molar-refractivity contribution in [3.63, 3.8) is 0 Å². The lowest BCUT2D eigenvalue weighted by Crippen LogP contribution is -2.52. The van der Waals surface area contributed by atoms with Crippen molar-refractivity contribution in [3.05, 3.63) is 0 Å². The van der Waals surface area contributed by atoms with Crippen LogP contribution in [0.3, 0.4) is 0 Å². The van der Waals surface area contributed by atoms with Crippen LogP contribution in [0, 0.1) is 0 Å². The molecule has 3 saturated heterocycles. The summed E-state index contributed by atoms with van der Waals surface area (Å²) in [6.07, 6.45) is 7.46. The summed E-state index contributed by atoms with van der Waals surface area (Å²) in [4.78, 5) is 17.1. The summed E-state index contributed by atoms with van der Waals surface area (Å²) in [5.74, 6) is 0.363. The van der Waals surface area contributed by atoms with E-state index in [2.05, 4.69) is 22.0 Å². The minimum atomic E-state index is 0.0769. The highest BCUT2D eigenvalue weighted by Gasteiger charge is 2.38. The second-order valence-corrected chi connectivity index (χ2v) is 6.36. The summed E-state index contributed by atoms with van der Waals surface area (Å²) in [6, 6.07) is 1.29. The first-order chi connectivity index (χ1) is 9.27. The summed E-state index contributed by atoms with van der Waals surface area (Å²) < 4.78 is 0. The number of carbonyl (C=O) groups is 1. The molecule has 3 atom stereocenters. The number of carbonyl (C=O) groups excluding carboxylic acids is 1. The number of rotatable bonds is 3. The molecule has 0 aromatic heterocycles. The molecule has 3 unspecified atom stereocenters. The first kappa shape index (κ1) is 13.4. The van der Waals surface area contributed by atoms with E-state index in [0.717, 1.165) is 26.2 Å². The Kier molecular flexibility index (Phi) is 4.08. The summed E-state index contributed by atoms with van der Waals surface area (Å²) in [6.45, 7) is 6.33. The predicted molar refractivity (Wildman–Crippen MR) is 76.0 cm³/mol. The third-order valence-corrected chi connectivity index (χ3v) is 5.18. The van der Waals surface area contributed by atoms with Crippen molar-refractivity contribution < 1.29 is 4.79 Å². The van der Waals surface area contributed by atoms with E-state index in [1.165, 1.54) is 38.5 Å². The number of hydrogen-bond acceptors (Lipinski definition) is 3. The number of likely N-dealkylation sites (tertiary alicyclic amines) is 2. The lowest BCUT2D eigenvalue weighted by atomic mass is 10.0. The van der Waals surface area contributed by atoms with Crippen LogP contribution in [0.2, 0.25) is 0 Å². The minimum Gasteiger partial charge on any atom is -0.341 e. The van der Waals surface area contributed by atoms with E-state index in [1.807, 2.05) is 0 Å². The standard InChI is InChI=1S/C15H27N3O/c1-12(15(19)17-9-2-3-10-17)18-11-5-7-14(18)13-6-4-8-16-13/h12-14,16H,2-11H2,1H3. The average molecular weight is 265 g/mol. The molecule has 0 aliphatic carbocycles. The topological polar surface area (TPSA) is 35.6 Å². The van der Waals surface area contributed by atoms with Gasteiger partial charge < -0.3 is 10.2 Å². The molecule has 0 spiro atoms. The lowest BCUT2D eigenvalue weighted by Gasteiger charge is -2.35. The van der Waals surface area contributed by atoms with Crippen LogP contribution >= 0.6 is 0 Å². The lowest BCUT2D eigenvalue weighted by molar-refractivity contribution is -0.135. The van der Waals surface area contributed by atoms with Crippen molar-refractivity contribution in [1.82, 2.24) is 15.1 Å². The Labute approximate surface area is 116 Å². The molecular weight excluding hydrogens is 238 g/mol. The zero-order chi connectivity index (χ0) is 13.2. The Bertz CT molecular complexity index is 321. The van der Waals surface area contributed by atoms with Crippen molar-refractivity contribution in [2.75, 3.05) is 26.2 Å². The molecule has 1 N–H and O–H groups in total. The molecule has 4 nitrogen and oxygen atoms in total. The first-order valence-electron chi connectivity index (χ1n) is 8.05. The zero-order valence-electron chi connectivity index (χ0n) is 12.1. The van der Waals surface area contributed by atoms with Crippen LogP contribution in [0.4, 0.5) is 0 Å². The Morgan fingerprint density at radius 2 is 1.89 bits per heavy atom. The maximum Gasteiger partial charge on any atom is 0.239 e. The molecule has 3 rings (SSSR count). The predicted octanol–water partition coefficient (Wildman–Crippen LogP) is 1.21. The first-order valence-corrected chi connectivity index (χ1v) is 8.05. The van der Waals surface area contributed by atoms with Crippen LogP contribution in [0.25, 0.3) is 0 Å². The molecule has 1 amide bonds. The normalized spacial score (nSPS) is 34.1. The SMILES string of the molecule is CC(C(=O)N1CCCC1)N1CCCC1C1CCCN1. The molecule has 0 bridgehead atoms. The van der Waals surface area contributed by atoms with Crippen molar-refractivity contribution in [1.29, 1.82) is 0 Å². The van der Waals surface area contributed by atoms with Gasteiger partial charge in [0.2, 0.25) is 5.91 Å². The van der Waals surface area contributed by atoms with Crippen LogP contribution in [-0.2, 0) is 4.79 Å². The van der Waals surface area contributed by atoms with E-state index in [4.69, 9.17) is 0 Å². The van der Waals surface area contributed by atoms with Crippen molar-refractivity contribution in [3.8, 4) is 0 Å². The van der Waals surface area contributed by atoms with Gasteiger partial charge in [0.15, 0.2) is 0 Å². The maximum absolute atomic E-state index is 12.6. The zero-order valence-corrected chi connectivity index (χ0v) is 12.1. The monoisotopic (exact) mass is 265 g/mol. The fraction of sp³-hybridized carbons (Fsp3) is 0.933. The van der Waals surface area contributed by atoms with Crippen LogP contribution in [0.15, 0.2) is 0 Å². The Morgan fingerprint density at radius 3 is 2.58 bits per heavy atom. The molecule has 3 aliphatic heterocycles. The van der Waals surface area contributed by atoms with Gasteiger partial charge >= 0.3 is 0 Å². The van der Waals surface area contributed by atoms with Gasteiger partial charge in [0.25, 0.3) is 0 Å². The van der Waals surface area contributed by atoms with Gasteiger partial charge in [-0.25, -0.2) is 0 Å². The van der Waals surface area contributed by atoms with Crippen molar-refractivity contribution in [2.45, 2.75) is 63.6 Å².